The quantitative estimate of drug-likeness (QED) is 0.864. The minimum Gasteiger partial charge on any atom is -0.356 e. The lowest BCUT2D eigenvalue weighted by molar-refractivity contribution is 0.420. The molecule has 2 aromatic heterocycles. The van der Waals surface area contributed by atoms with Gasteiger partial charge in [0.1, 0.15) is 12.1 Å². The van der Waals surface area contributed by atoms with Gasteiger partial charge < -0.3 is 10.6 Å². The molecular weight excluding hydrogens is 226 g/mol. The number of nitrogens with two attached hydrogens (primary N) is 1. The highest BCUT2D eigenvalue weighted by Gasteiger charge is 2.21. The van der Waals surface area contributed by atoms with Crippen molar-refractivity contribution in [1.29, 1.82) is 0 Å². The summed E-state index contributed by atoms with van der Waals surface area (Å²) in [5.41, 5.74) is 7.94. The van der Waals surface area contributed by atoms with Crippen LogP contribution in [-0.2, 0) is 0 Å². The normalized spacial score (nSPS) is 20.6. The van der Waals surface area contributed by atoms with Gasteiger partial charge >= 0.3 is 0 Å². The minimum atomic E-state index is 0.595. The first-order valence-corrected chi connectivity index (χ1v) is 6.53. The van der Waals surface area contributed by atoms with Crippen LogP contribution < -0.4 is 10.6 Å². The van der Waals surface area contributed by atoms with Crippen molar-refractivity contribution >= 4 is 11.5 Å². The molecular formula is C13H19N5. The van der Waals surface area contributed by atoms with Gasteiger partial charge in [-0.2, -0.15) is 9.61 Å². The lowest BCUT2D eigenvalue weighted by atomic mass is 9.98. The molecule has 3 heterocycles. The Morgan fingerprint density at radius 3 is 3.17 bits per heavy atom. The molecule has 0 amide bonds. The van der Waals surface area contributed by atoms with E-state index in [4.69, 9.17) is 5.73 Å². The van der Waals surface area contributed by atoms with Crippen LogP contribution in [0.1, 0.15) is 18.4 Å². The molecule has 1 saturated heterocycles. The van der Waals surface area contributed by atoms with Crippen LogP contribution in [-0.4, -0.2) is 34.2 Å². The molecule has 96 valence electrons. The third-order valence-corrected chi connectivity index (χ3v) is 3.68. The summed E-state index contributed by atoms with van der Waals surface area (Å²) in [6, 6.07) is 4.24. The third-order valence-electron chi connectivity index (χ3n) is 3.68. The first-order chi connectivity index (χ1) is 8.78. The number of aryl methyl sites for hydroxylation is 1. The lowest BCUT2D eigenvalue weighted by Crippen LogP contribution is -2.39. The van der Waals surface area contributed by atoms with E-state index >= 15 is 0 Å². The van der Waals surface area contributed by atoms with Crippen LogP contribution in [0.2, 0.25) is 0 Å². The third kappa shape index (κ3) is 1.95. The number of nitrogens with zero attached hydrogens (tertiary/aromatic N) is 4. The molecule has 5 heteroatoms. The number of piperidine rings is 1. The van der Waals surface area contributed by atoms with Crippen molar-refractivity contribution in [1.82, 2.24) is 14.6 Å². The van der Waals surface area contributed by atoms with E-state index in [0.29, 0.717) is 5.92 Å². The van der Waals surface area contributed by atoms with Crippen LogP contribution >= 0.6 is 0 Å². The summed E-state index contributed by atoms with van der Waals surface area (Å²) in [6.07, 6.45) is 4.05. The van der Waals surface area contributed by atoms with E-state index in [2.05, 4.69) is 34.0 Å². The van der Waals surface area contributed by atoms with E-state index in [1.54, 1.807) is 6.33 Å². The van der Waals surface area contributed by atoms with E-state index in [0.717, 1.165) is 31.1 Å². The Labute approximate surface area is 107 Å². The molecule has 0 spiro atoms. The molecule has 0 aromatic carbocycles. The summed E-state index contributed by atoms with van der Waals surface area (Å²) < 4.78 is 1.92. The smallest absolute Gasteiger partial charge is 0.157 e. The topological polar surface area (TPSA) is 59.5 Å². The number of hydrogen-bond acceptors (Lipinski definition) is 4. The molecule has 1 aliphatic rings. The summed E-state index contributed by atoms with van der Waals surface area (Å²) >= 11 is 0. The summed E-state index contributed by atoms with van der Waals surface area (Å²) in [5, 5.41) is 4.32. The summed E-state index contributed by atoms with van der Waals surface area (Å²) in [4.78, 5) is 6.66. The predicted molar refractivity (Wildman–Crippen MR) is 71.7 cm³/mol. The maximum Gasteiger partial charge on any atom is 0.157 e. The molecule has 2 aromatic rings. The summed E-state index contributed by atoms with van der Waals surface area (Å²) in [7, 11) is 0. The van der Waals surface area contributed by atoms with E-state index in [1.165, 1.54) is 18.4 Å². The number of anilines is 1. The molecule has 18 heavy (non-hydrogen) atoms. The molecule has 3 rings (SSSR count). The molecule has 0 aliphatic carbocycles. The van der Waals surface area contributed by atoms with Crippen LogP contribution in [0.5, 0.6) is 0 Å². The molecule has 5 nitrogen and oxygen atoms in total. The van der Waals surface area contributed by atoms with Crippen molar-refractivity contribution in [2.75, 3.05) is 24.5 Å². The van der Waals surface area contributed by atoms with Gasteiger partial charge in [0.15, 0.2) is 5.65 Å². The number of aromatic nitrogens is 3. The van der Waals surface area contributed by atoms with Gasteiger partial charge in [-0.15, -0.1) is 0 Å². The van der Waals surface area contributed by atoms with Crippen LogP contribution in [0.4, 0.5) is 5.82 Å². The monoisotopic (exact) mass is 245 g/mol. The predicted octanol–water partition coefficient (Wildman–Crippen LogP) is 1.21. The van der Waals surface area contributed by atoms with Gasteiger partial charge in [-0.05, 0) is 49.9 Å². The SMILES string of the molecule is Cc1cc(N2CCCC(CN)C2)n2ncnc2c1. The number of fused-ring (bicyclic) bond motifs is 1. The maximum atomic E-state index is 5.80. The lowest BCUT2D eigenvalue weighted by Gasteiger charge is -2.33. The van der Waals surface area contributed by atoms with Crippen LogP contribution in [0.3, 0.4) is 0 Å². The Kier molecular flexibility index (Phi) is 2.91. The Morgan fingerprint density at radius 2 is 2.33 bits per heavy atom. The second-order valence-electron chi connectivity index (χ2n) is 5.11. The van der Waals surface area contributed by atoms with Gasteiger partial charge in [-0.25, -0.2) is 4.98 Å². The van der Waals surface area contributed by atoms with Crippen LogP contribution in [0.25, 0.3) is 5.65 Å². The maximum absolute atomic E-state index is 5.80. The zero-order valence-corrected chi connectivity index (χ0v) is 10.7. The molecule has 0 saturated carbocycles. The van der Waals surface area contributed by atoms with E-state index < -0.39 is 0 Å². The fourth-order valence-electron chi connectivity index (χ4n) is 2.73. The van der Waals surface area contributed by atoms with Crippen molar-refractivity contribution in [3.63, 3.8) is 0 Å². The first-order valence-electron chi connectivity index (χ1n) is 6.53. The molecule has 0 radical (unpaired) electrons. The van der Waals surface area contributed by atoms with Gasteiger partial charge in [-0.3, -0.25) is 0 Å². The zero-order valence-electron chi connectivity index (χ0n) is 10.7. The summed E-state index contributed by atoms with van der Waals surface area (Å²) in [5.74, 6) is 1.73. The minimum absolute atomic E-state index is 0.595. The standard InChI is InChI=1S/C13H19N5/c1-10-5-12-15-9-16-18(12)13(6-10)17-4-2-3-11(7-14)8-17/h5-6,9,11H,2-4,7-8,14H2,1H3. The molecule has 1 aliphatic heterocycles. The first kappa shape index (κ1) is 11.5. The number of rotatable bonds is 2. The second-order valence-corrected chi connectivity index (χ2v) is 5.11. The van der Waals surface area contributed by atoms with Crippen molar-refractivity contribution < 1.29 is 0 Å². The van der Waals surface area contributed by atoms with E-state index in [1.807, 2.05) is 4.52 Å². The van der Waals surface area contributed by atoms with E-state index in [-0.39, 0.29) is 0 Å². The highest BCUT2D eigenvalue weighted by molar-refractivity contribution is 5.53. The van der Waals surface area contributed by atoms with Gasteiger partial charge in [0.25, 0.3) is 0 Å². The Balaban J connectivity index is 2.00. The van der Waals surface area contributed by atoms with Gasteiger partial charge in [0, 0.05) is 13.1 Å². The average Bonchev–Trinajstić information content (AvgIpc) is 2.85. The highest BCUT2D eigenvalue weighted by Crippen LogP contribution is 2.24. The molecule has 1 atom stereocenters. The Bertz CT molecular complexity index is 547. The fourth-order valence-corrected chi connectivity index (χ4v) is 2.73. The molecule has 0 bridgehead atoms. The zero-order chi connectivity index (χ0) is 12.5. The Morgan fingerprint density at radius 1 is 1.44 bits per heavy atom. The molecule has 1 unspecified atom stereocenters. The second kappa shape index (κ2) is 4.57. The van der Waals surface area contributed by atoms with Gasteiger partial charge in [0.05, 0.1) is 0 Å². The van der Waals surface area contributed by atoms with Crippen LogP contribution in [0.15, 0.2) is 18.5 Å². The van der Waals surface area contributed by atoms with E-state index in [9.17, 15) is 0 Å². The summed E-state index contributed by atoms with van der Waals surface area (Å²) in [6.45, 7) is 4.97. The number of pyridine rings is 1. The van der Waals surface area contributed by atoms with Crippen molar-refractivity contribution in [2.45, 2.75) is 19.8 Å². The fraction of sp³-hybridized carbons (Fsp3) is 0.538. The largest absolute Gasteiger partial charge is 0.356 e. The Hall–Kier alpha value is -1.62. The van der Waals surface area contributed by atoms with Crippen molar-refractivity contribution in [2.24, 2.45) is 11.7 Å². The van der Waals surface area contributed by atoms with Crippen molar-refractivity contribution in [3.05, 3.63) is 24.0 Å². The molecule has 1 fully saturated rings. The van der Waals surface area contributed by atoms with Crippen molar-refractivity contribution in [3.8, 4) is 0 Å². The highest BCUT2D eigenvalue weighted by atomic mass is 15.4. The van der Waals surface area contributed by atoms with Gasteiger partial charge in [-0.1, -0.05) is 0 Å². The van der Waals surface area contributed by atoms with Crippen LogP contribution in [0, 0.1) is 12.8 Å². The van der Waals surface area contributed by atoms with Gasteiger partial charge in [0.2, 0.25) is 0 Å². The number of hydrogen-bond donors (Lipinski definition) is 1. The molecule has 2 N–H and O–H groups in total. The average molecular weight is 245 g/mol.